The lowest BCUT2D eigenvalue weighted by atomic mass is 9.93. The van der Waals surface area contributed by atoms with Crippen LogP contribution in [0.25, 0.3) is 11.3 Å². The lowest BCUT2D eigenvalue weighted by Gasteiger charge is -2.29. The molecular formula is C20H22ClN3O3. The van der Waals surface area contributed by atoms with Gasteiger partial charge in [0.15, 0.2) is 5.82 Å². The Morgan fingerprint density at radius 1 is 1.19 bits per heavy atom. The van der Waals surface area contributed by atoms with E-state index < -0.39 is 0 Å². The zero-order valence-electron chi connectivity index (χ0n) is 14.9. The van der Waals surface area contributed by atoms with Gasteiger partial charge in [0, 0.05) is 22.6 Å². The van der Waals surface area contributed by atoms with Crippen molar-refractivity contribution in [1.82, 2.24) is 10.2 Å². The van der Waals surface area contributed by atoms with Gasteiger partial charge in [-0.05, 0) is 55.9 Å². The van der Waals surface area contributed by atoms with E-state index in [1.165, 1.54) is 6.07 Å². The van der Waals surface area contributed by atoms with Crippen molar-refractivity contribution in [2.75, 3.05) is 5.32 Å². The van der Waals surface area contributed by atoms with Gasteiger partial charge in [-0.15, -0.1) is 10.2 Å². The van der Waals surface area contributed by atoms with Crippen LogP contribution in [0.5, 0.6) is 5.75 Å². The van der Waals surface area contributed by atoms with Crippen LogP contribution in [0.15, 0.2) is 18.2 Å². The van der Waals surface area contributed by atoms with E-state index in [0.717, 1.165) is 49.7 Å². The molecule has 0 saturated heterocycles. The molecule has 2 saturated carbocycles. The van der Waals surface area contributed by atoms with Crippen LogP contribution in [-0.4, -0.2) is 38.2 Å². The van der Waals surface area contributed by atoms with Gasteiger partial charge >= 0.3 is 0 Å². The highest BCUT2D eigenvalue weighted by molar-refractivity contribution is 6.30. The fraction of sp³-hybridized carbons (Fsp3) is 0.500. The first-order chi connectivity index (χ1) is 13.0. The van der Waals surface area contributed by atoms with Crippen molar-refractivity contribution in [3.8, 4) is 17.0 Å². The van der Waals surface area contributed by atoms with E-state index >= 15 is 0 Å². The Morgan fingerprint density at radius 2 is 2.04 bits per heavy atom. The van der Waals surface area contributed by atoms with Crippen molar-refractivity contribution < 1.29 is 14.9 Å². The number of hydrogen-bond donors (Lipinski definition) is 3. The van der Waals surface area contributed by atoms with E-state index in [2.05, 4.69) is 15.5 Å². The molecule has 1 aromatic heterocycles. The van der Waals surface area contributed by atoms with Gasteiger partial charge in [0.2, 0.25) is 0 Å². The first-order valence-electron chi connectivity index (χ1n) is 9.51. The number of fused-ring (bicyclic) bond motifs is 1. The molecule has 2 heterocycles. The molecule has 2 aliphatic carbocycles. The van der Waals surface area contributed by atoms with Crippen molar-refractivity contribution in [3.05, 3.63) is 34.3 Å². The summed E-state index contributed by atoms with van der Waals surface area (Å²) in [7, 11) is 0. The second kappa shape index (κ2) is 6.33. The van der Waals surface area contributed by atoms with Gasteiger partial charge in [-0.3, -0.25) is 0 Å². The van der Waals surface area contributed by atoms with Crippen molar-refractivity contribution >= 4 is 17.4 Å². The average molecular weight is 388 g/mol. The average Bonchev–Trinajstić information content (AvgIpc) is 3.27. The van der Waals surface area contributed by atoms with Crippen molar-refractivity contribution in [2.45, 2.75) is 62.9 Å². The number of halogens is 1. The van der Waals surface area contributed by atoms with E-state index in [1.54, 1.807) is 12.1 Å². The van der Waals surface area contributed by atoms with Gasteiger partial charge in [0.05, 0.1) is 24.4 Å². The summed E-state index contributed by atoms with van der Waals surface area (Å²) in [6, 6.07) is 5.05. The Kier molecular flexibility index (Phi) is 4.04. The van der Waals surface area contributed by atoms with E-state index in [-0.39, 0.29) is 23.5 Å². The number of hydrogen-bond acceptors (Lipinski definition) is 6. The number of phenols is 1. The fourth-order valence-corrected chi connectivity index (χ4v) is 4.40. The van der Waals surface area contributed by atoms with Gasteiger partial charge in [-0.2, -0.15) is 0 Å². The Hall–Kier alpha value is -1.89. The van der Waals surface area contributed by atoms with Crippen molar-refractivity contribution in [2.24, 2.45) is 0 Å². The first-order valence-corrected chi connectivity index (χ1v) is 9.88. The fourth-order valence-electron chi connectivity index (χ4n) is 4.23. The first kappa shape index (κ1) is 17.2. The number of anilines is 1. The zero-order chi connectivity index (χ0) is 18.6. The number of rotatable bonds is 3. The lowest BCUT2D eigenvalue weighted by molar-refractivity contribution is 0.00828. The van der Waals surface area contributed by atoms with Crippen LogP contribution in [0.4, 0.5) is 5.82 Å². The topological polar surface area (TPSA) is 87.5 Å². The normalized spacial score (nSPS) is 25.4. The molecule has 1 aromatic carbocycles. The molecule has 3 N–H and O–H groups in total. The van der Waals surface area contributed by atoms with E-state index in [4.69, 9.17) is 16.3 Å². The molecule has 27 heavy (non-hydrogen) atoms. The highest BCUT2D eigenvalue weighted by Crippen LogP contribution is 2.49. The van der Waals surface area contributed by atoms with Crippen molar-refractivity contribution in [1.29, 1.82) is 0 Å². The monoisotopic (exact) mass is 387 g/mol. The number of ether oxygens (including phenoxy) is 1. The van der Waals surface area contributed by atoms with Gasteiger partial charge in [-0.1, -0.05) is 11.6 Å². The molecule has 7 heteroatoms. The highest BCUT2D eigenvalue weighted by atomic mass is 35.5. The largest absolute Gasteiger partial charge is 0.507 e. The summed E-state index contributed by atoms with van der Waals surface area (Å²) in [5, 5.41) is 33.3. The molecule has 5 rings (SSSR count). The number of benzene rings is 1. The molecule has 0 radical (unpaired) electrons. The summed E-state index contributed by atoms with van der Waals surface area (Å²) in [6.45, 7) is 0.470. The van der Waals surface area contributed by atoms with Gasteiger partial charge in [-0.25, -0.2) is 0 Å². The molecular weight excluding hydrogens is 366 g/mol. The van der Waals surface area contributed by atoms with Crippen LogP contribution in [0.1, 0.15) is 43.2 Å². The molecule has 1 spiro atoms. The summed E-state index contributed by atoms with van der Waals surface area (Å²) in [5.74, 6) is 0.783. The highest BCUT2D eigenvalue weighted by Gasteiger charge is 2.48. The minimum atomic E-state index is -0.360. The predicted molar refractivity (Wildman–Crippen MR) is 102 cm³/mol. The summed E-state index contributed by atoms with van der Waals surface area (Å²) in [6.07, 6.45) is 5.23. The number of aromatic hydroxyl groups is 1. The number of aliphatic hydroxyl groups excluding tert-OH is 1. The predicted octanol–water partition coefficient (Wildman–Crippen LogP) is 3.43. The number of nitrogens with zero attached hydrogens (tertiary/aromatic N) is 2. The molecule has 2 atom stereocenters. The maximum Gasteiger partial charge on any atom is 0.154 e. The minimum Gasteiger partial charge on any atom is -0.507 e. The Bertz CT molecular complexity index is 900. The van der Waals surface area contributed by atoms with Gasteiger partial charge in [0.1, 0.15) is 11.4 Å². The van der Waals surface area contributed by atoms with Crippen LogP contribution >= 0.6 is 11.6 Å². The number of aromatic nitrogens is 2. The van der Waals surface area contributed by atoms with Crippen LogP contribution in [0.3, 0.4) is 0 Å². The zero-order valence-corrected chi connectivity index (χ0v) is 15.7. The third-order valence-corrected chi connectivity index (χ3v) is 6.27. The third kappa shape index (κ3) is 3.06. The standard InChI is InChI=1S/C20H22ClN3O3/c21-11-4-5-12(17(26)8-11)18-13-9-20(6-7-20)27-10-14(13)19(24-23-18)22-15-2-1-3-16(15)25/h4-5,8,15-16,25-26H,1-3,6-7,9-10H2,(H,22,24)/t15-,16-/m1/s1. The third-order valence-electron chi connectivity index (χ3n) is 6.03. The molecule has 2 aromatic rings. The molecule has 6 nitrogen and oxygen atoms in total. The summed E-state index contributed by atoms with van der Waals surface area (Å²) in [4.78, 5) is 0. The van der Waals surface area contributed by atoms with E-state index in [9.17, 15) is 10.2 Å². The second-order valence-electron chi connectivity index (χ2n) is 7.91. The Balaban J connectivity index is 1.58. The summed E-state index contributed by atoms with van der Waals surface area (Å²) < 4.78 is 6.12. The number of nitrogens with one attached hydrogen (secondary N) is 1. The van der Waals surface area contributed by atoms with Gasteiger partial charge in [0.25, 0.3) is 0 Å². The van der Waals surface area contributed by atoms with Crippen LogP contribution in [-0.2, 0) is 17.8 Å². The SMILES string of the molecule is Oc1cc(Cl)ccc1-c1nnc(N[C@@H]2CCC[C@H]2O)c2c1CC1(CC1)OC2. The molecule has 142 valence electrons. The number of aliphatic hydroxyl groups is 1. The Labute approximate surface area is 162 Å². The molecule has 1 aliphatic heterocycles. The van der Waals surface area contributed by atoms with Crippen LogP contribution in [0.2, 0.25) is 5.02 Å². The van der Waals surface area contributed by atoms with Crippen LogP contribution < -0.4 is 5.32 Å². The van der Waals surface area contributed by atoms with Crippen LogP contribution in [0, 0.1) is 0 Å². The summed E-state index contributed by atoms with van der Waals surface area (Å²) in [5.41, 5.74) is 3.28. The lowest BCUT2D eigenvalue weighted by Crippen LogP contribution is -2.31. The van der Waals surface area contributed by atoms with Crippen molar-refractivity contribution in [3.63, 3.8) is 0 Å². The summed E-state index contributed by atoms with van der Waals surface area (Å²) >= 11 is 5.99. The maximum absolute atomic E-state index is 10.4. The molecule has 0 unspecified atom stereocenters. The smallest absolute Gasteiger partial charge is 0.154 e. The Morgan fingerprint density at radius 3 is 2.74 bits per heavy atom. The maximum atomic E-state index is 10.4. The van der Waals surface area contributed by atoms with E-state index in [1.807, 2.05) is 0 Å². The molecule has 0 bridgehead atoms. The number of phenolic OH excluding ortho intramolecular Hbond substituents is 1. The molecule has 2 fully saturated rings. The van der Waals surface area contributed by atoms with Gasteiger partial charge < -0.3 is 20.3 Å². The molecule has 3 aliphatic rings. The quantitative estimate of drug-likeness (QED) is 0.747. The minimum absolute atomic E-state index is 0.00463. The molecule has 0 amide bonds. The van der Waals surface area contributed by atoms with E-state index in [0.29, 0.717) is 28.7 Å². The second-order valence-corrected chi connectivity index (χ2v) is 8.35.